The molecule has 2 aliphatic rings. The third-order valence-corrected chi connectivity index (χ3v) is 3.86. The number of nitrogens with zero attached hydrogens (tertiary/aromatic N) is 1. The average molecular weight is 267 g/mol. The Labute approximate surface area is 110 Å². The van der Waals surface area contributed by atoms with Gasteiger partial charge < -0.3 is 9.64 Å². The lowest BCUT2D eigenvalue weighted by Crippen LogP contribution is -2.52. The van der Waals surface area contributed by atoms with Crippen molar-refractivity contribution in [2.24, 2.45) is 0 Å². The first-order valence-electron chi connectivity index (χ1n) is 6.50. The Kier molecular flexibility index (Phi) is 3.22. The van der Waals surface area contributed by atoms with Crippen LogP contribution < -0.4 is 0 Å². The zero-order valence-corrected chi connectivity index (χ0v) is 10.4. The molecule has 0 N–H and O–H groups in total. The lowest BCUT2D eigenvalue weighted by atomic mass is 9.95. The van der Waals surface area contributed by atoms with Crippen LogP contribution in [0.4, 0.5) is 8.78 Å². The fourth-order valence-corrected chi connectivity index (χ4v) is 2.93. The summed E-state index contributed by atoms with van der Waals surface area (Å²) in [6.45, 7) is 0.874. The topological polar surface area (TPSA) is 29.5 Å². The molecule has 2 atom stereocenters. The first-order chi connectivity index (χ1) is 9.16. The molecule has 19 heavy (non-hydrogen) atoms. The van der Waals surface area contributed by atoms with E-state index >= 15 is 0 Å². The van der Waals surface area contributed by atoms with Crippen molar-refractivity contribution < 1.29 is 18.3 Å². The standard InChI is InChI=1S/C14H15F2NO2/c15-11-5-4-9(6-12(11)16)13-8-19-7-10-2-1-3-14(18)17(10)13/h4-6,10,13H,1-3,7-8H2/t10-,13-/m0/s1. The number of hydrogen-bond acceptors (Lipinski definition) is 2. The van der Waals surface area contributed by atoms with Gasteiger partial charge in [0.2, 0.25) is 5.91 Å². The van der Waals surface area contributed by atoms with E-state index in [0.29, 0.717) is 25.2 Å². The Hall–Kier alpha value is -1.49. The normalized spacial score (nSPS) is 27.3. The summed E-state index contributed by atoms with van der Waals surface area (Å²) in [6.07, 6.45) is 2.30. The SMILES string of the molecule is O=C1CCC[C@H]2COC[C@@H](c3ccc(F)c(F)c3)N12. The first kappa shape index (κ1) is 12.5. The predicted octanol–water partition coefficient (Wildman–Crippen LogP) is 2.42. The molecule has 102 valence electrons. The minimum atomic E-state index is -0.885. The smallest absolute Gasteiger partial charge is 0.223 e. The molecule has 1 amide bonds. The molecule has 2 aliphatic heterocycles. The van der Waals surface area contributed by atoms with Gasteiger partial charge in [0, 0.05) is 6.42 Å². The van der Waals surface area contributed by atoms with E-state index in [-0.39, 0.29) is 18.0 Å². The van der Waals surface area contributed by atoms with Gasteiger partial charge in [-0.1, -0.05) is 6.07 Å². The summed E-state index contributed by atoms with van der Waals surface area (Å²) >= 11 is 0. The van der Waals surface area contributed by atoms with Gasteiger partial charge in [-0.2, -0.15) is 0 Å². The van der Waals surface area contributed by atoms with Crippen LogP contribution >= 0.6 is 0 Å². The summed E-state index contributed by atoms with van der Waals surface area (Å²) in [4.78, 5) is 13.9. The van der Waals surface area contributed by atoms with E-state index in [4.69, 9.17) is 4.74 Å². The number of carbonyl (C=O) groups is 1. The maximum atomic E-state index is 13.3. The van der Waals surface area contributed by atoms with Gasteiger partial charge in [0.15, 0.2) is 11.6 Å². The monoisotopic (exact) mass is 267 g/mol. The molecule has 3 rings (SSSR count). The van der Waals surface area contributed by atoms with Crippen molar-refractivity contribution in [3.05, 3.63) is 35.4 Å². The number of rotatable bonds is 1. The number of fused-ring (bicyclic) bond motifs is 1. The molecule has 1 aromatic rings. The van der Waals surface area contributed by atoms with Crippen LogP contribution in [0.5, 0.6) is 0 Å². The minimum absolute atomic E-state index is 0.0631. The zero-order chi connectivity index (χ0) is 13.4. The average Bonchev–Trinajstić information content (AvgIpc) is 2.42. The molecule has 2 fully saturated rings. The van der Waals surface area contributed by atoms with Gasteiger partial charge in [-0.05, 0) is 30.5 Å². The Balaban J connectivity index is 1.93. The molecule has 0 spiro atoms. The predicted molar refractivity (Wildman–Crippen MR) is 64.4 cm³/mol. The molecule has 3 nitrogen and oxygen atoms in total. The van der Waals surface area contributed by atoms with Crippen LogP contribution in [0.15, 0.2) is 18.2 Å². The quantitative estimate of drug-likeness (QED) is 0.782. The number of halogens is 2. The number of carbonyl (C=O) groups excluding carboxylic acids is 1. The molecule has 5 heteroatoms. The fourth-order valence-electron chi connectivity index (χ4n) is 2.93. The Morgan fingerprint density at radius 3 is 2.84 bits per heavy atom. The van der Waals surface area contributed by atoms with E-state index in [1.165, 1.54) is 6.07 Å². The molecule has 2 heterocycles. The molecule has 0 aromatic heterocycles. The summed E-state index contributed by atoms with van der Waals surface area (Å²) in [5.41, 5.74) is 0.596. The number of morpholine rings is 1. The minimum Gasteiger partial charge on any atom is -0.377 e. The van der Waals surface area contributed by atoms with Gasteiger partial charge in [-0.25, -0.2) is 8.78 Å². The van der Waals surface area contributed by atoms with Crippen LogP contribution in [0.2, 0.25) is 0 Å². The van der Waals surface area contributed by atoms with Crippen molar-refractivity contribution in [1.82, 2.24) is 4.90 Å². The zero-order valence-electron chi connectivity index (χ0n) is 10.4. The highest BCUT2D eigenvalue weighted by Gasteiger charge is 2.38. The van der Waals surface area contributed by atoms with Gasteiger partial charge >= 0.3 is 0 Å². The highest BCUT2D eigenvalue weighted by atomic mass is 19.2. The molecule has 0 unspecified atom stereocenters. The van der Waals surface area contributed by atoms with Crippen LogP contribution in [0.3, 0.4) is 0 Å². The van der Waals surface area contributed by atoms with E-state index in [0.717, 1.165) is 25.0 Å². The largest absolute Gasteiger partial charge is 0.377 e. The number of piperidine rings is 1. The lowest BCUT2D eigenvalue weighted by molar-refractivity contribution is -0.151. The van der Waals surface area contributed by atoms with Crippen LogP contribution in [0, 0.1) is 11.6 Å². The van der Waals surface area contributed by atoms with Crippen molar-refractivity contribution >= 4 is 5.91 Å². The van der Waals surface area contributed by atoms with Gasteiger partial charge in [0.25, 0.3) is 0 Å². The van der Waals surface area contributed by atoms with Crippen LogP contribution in [-0.2, 0) is 9.53 Å². The maximum Gasteiger partial charge on any atom is 0.223 e. The van der Waals surface area contributed by atoms with E-state index in [1.54, 1.807) is 4.90 Å². The molecule has 0 saturated carbocycles. The Morgan fingerprint density at radius 1 is 1.21 bits per heavy atom. The van der Waals surface area contributed by atoms with Gasteiger partial charge in [0.1, 0.15) is 0 Å². The second-order valence-corrected chi connectivity index (χ2v) is 5.07. The van der Waals surface area contributed by atoms with Crippen LogP contribution in [0.25, 0.3) is 0 Å². The molecular weight excluding hydrogens is 252 g/mol. The van der Waals surface area contributed by atoms with Crippen molar-refractivity contribution in [3.8, 4) is 0 Å². The summed E-state index contributed by atoms with van der Waals surface area (Å²) in [5.74, 6) is -1.68. The maximum absolute atomic E-state index is 13.3. The van der Waals surface area contributed by atoms with E-state index in [9.17, 15) is 13.6 Å². The van der Waals surface area contributed by atoms with E-state index < -0.39 is 11.6 Å². The number of hydrogen-bond donors (Lipinski definition) is 0. The summed E-state index contributed by atoms with van der Waals surface area (Å²) in [5, 5.41) is 0. The van der Waals surface area contributed by atoms with Gasteiger partial charge in [-0.3, -0.25) is 4.79 Å². The van der Waals surface area contributed by atoms with Crippen LogP contribution in [-0.4, -0.2) is 30.1 Å². The van der Waals surface area contributed by atoms with Crippen molar-refractivity contribution in [2.75, 3.05) is 13.2 Å². The number of amides is 1. The third kappa shape index (κ3) is 2.23. The highest BCUT2D eigenvalue weighted by molar-refractivity contribution is 5.78. The second kappa shape index (κ2) is 4.89. The Morgan fingerprint density at radius 2 is 2.05 bits per heavy atom. The summed E-state index contributed by atoms with van der Waals surface area (Å²) in [6, 6.07) is 3.54. The lowest BCUT2D eigenvalue weighted by Gasteiger charge is -2.44. The van der Waals surface area contributed by atoms with E-state index in [1.807, 2.05) is 0 Å². The summed E-state index contributed by atoms with van der Waals surface area (Å²) in [7, 11) is 0. The van der Waals surface area contributed by atoms with Crippen molar-refractivity contribution in [3.63, 3.8) is 0 Å². The first-order valence-corrected chi connectivity index (χ1v) is 6.50. The molecular formula is C14H15F2NO2. The van der Waals surface area contributed by atoms with Crippen molar-refractivity contribution in [2.45, 2.75) is 31.3 Å². The fraction of sp³-hybridized carbons (Fsp3) is 0.500. The van der Waals surface area contributed by atoms with Gasteiger partial charge in [0.05, 0.1) is 25.3 Å². The number of ether oxygens (including phenoxy) is 1. The highest BCUT2D eigenvalue weighted by Crippen LogP contribution is 2.33. The van der Waals surface area contributed by atoms with Crippen molar-refractivity contribution in [1.29, 1.82) is 0 Å². The molecule has 0 aliphatic carbocycles. The second-order valence-electron chi connectivity index (χ2n) is 5.07. The van der Waals surface area contributed by atoms with E-state index in [2.05, 4.69) is 0 Å². The third-order valence-electron chi connectivity index (χ3n) is 3.86. The molecule has 1 aromatic carbocycles. The molecule has 2 saturated heterocycles. The Bertz CT molecular complexity index is 504. The molecule has 0 bridgehead atoms. The van der Waals surface area contributed by atoms with Gasteiger partial charge in [-0.15, -0.1) is 0 Å². The number of benzene rings is 1. The van der Waals surface area contributed by atoms with Crippen LogP contribution in [0.1, 0.15) is 30.9 Å². The molecule has 0 radical (unpaired) electrons. The summed E-state index contributed by atoms with van der Waals surface area (Å²) < 4.78 is 31.8.